The SMILES string of the molecule is COc1ccc([C@@H](Cc2ccccc2OC)N[S@+]([O-])C(C)(C)C)cc1. The summed E-state index contributed by atoms with van der Waals surface area (Å²) in [5, 5.41) is 0. The largest absolute Gasteiger partial charge is 0.598 e. The molecule has 2 rings (SSSR count). The van der Waals surface area contributed by atoms with E-state index in [1.54, 1.807) is 14.2 Å². The highest BCUT2D eigenvalue weighted by atomic mass is 32.2. The molecule has 0 heterocycles. The second-order valence-corrected chi connectivity index (χ2v) is 8.84. The van der Waals surface area contributed by atoms with Gasteiger partial charge in [0, 0.05) is 11.4 Å². The number of nitrogens with one attached hydrogen (secondary N) is 1. The Balaban J connectivity index is 2.30. The van der Waals surface area contributed by atoms with Gasteiger partial charge in [0.05, 0.1) is 20.3 Å². The predicted octanol–water partition coefficient (Wildman–Crippen LogP) is 4.04. The molecule has 0 saturated carbocycles. The van der Waals surface area contributed by atoms with Gasteiger partial charge >= 0.3 is 0 Å². The molecule has 136 valence electrons. The lowest BCUT2D eigenvalue weighted by atomic mass is 9.99. The van der Waals surface area contributed by atoms with E-state index in [2.05, 4.69) is 4.72 Å². The van der Waals surface area contributed by atoms with Crippen LogP contribution in [0.4, 0.5) is 0 Å². The highest BCUT2D eigenvalue weighted by Crippen LogP contribution is 2.28. The van der Waals surface area contributed by atoms with Gasteiger partial charge in [0.25, 0.3) is 0 Å². The first-order valence-corrected chi connectivity index (χ1v) is 9.44. The number of para-hydroxylation sites is 1. The maximum absolute atomic E-state index is 12.7. The van der Waals surface area contributed by atoms with Crippen molar-refractivity contribution in [3.63, 3.8) is 0 Å². The van der Waals surface area contributed by atoms with Gasteiger partial charge in [0.15, 0.2) is 0 Å². The molecule has 0 aliphatic carbocycles. The van der Waals surface area contributed by atoms with Crippen molar-refractivity contribution in [2.45, 2.75) is 38.0 Å². The van der Waals surface area contributed by atoms with Gasteiger partial charge in [0.2, 0.25) is 0 Å². The van der Waals surface area contributed by atoms with Gasteiger partial charge in [-0.1, -0.05) is 30.3 Å². The number of ether oxygens (including phenoxy) is 2. The molecule has 0 amide bonds. The van der Waals surface area contributed by atoms with Crippen molar-refractivity contribution >= 4 is 11.4 Å². The second-order valence-electron chi connectivity index (χ2n) is 6.84. The fourth-order valence-corrected chi connectivity index (χ4v) is 3.29. The van der Waals surface area contributed by atoms with Crippen molar-refractivity contribution < 1.29 is 14.0 Å². The Bertz CT molecular complexity index is 667. The summed E-state index contributed by atoms with van der Waals surface area (Å²) in [4.78, 5) is 0. The van der Waals surface area contributed by atoms with Gasteiger partial charge in [-0.05, 0) is 56.5 Å². The molecule has 5 heteroatoms. The van der Waals surface area contributed by atoms with E-state index in [0.717, 1.165) is 22.6 Å². The minimum atomic E-state index is -1.18. The first-order chi connectivity index (χ1) is 11.8. The van der Waals surface area contributed by atoms with Crippen LogP contribution >= 0.6 is 0 Å². The minimum Gasteiger partial charge on any atom is -0.598 e. The van der Waals surface area contributed by atoms with Crippen molar-refractivity contribution in [1.82, 2.24) is 4.72 Å². The van der Waals surface area contributed by atoms with E-state index in [1.165, 1.54) is 0 Å². The lowest BCUT2D eigenvalue weighted by molar-refractivity contribution is 0.406. The van der Waals surface area contributed by atoms with Gasteiger partial charge in [-0.15, -0.1) is 4.72 Å². The standard InChI is InChI=1S/C20H27NO3S/c1-20(2,3)25(22)21-18(15-10-12-17(23-4)13-11-15)14-16-8-6-7-9-19(16)24-5/h6-13,18,21H,14H2,1-5H3/t18-,25-/m1/s1. The maximum atomic E-state index is 12.7. The highest BCUT2D eigenvalue weighted by molar-refractivity contribution is 7.90. The molecule has 0 unspecified atom stereocenters. The van der Waals surface area contributed by atoms with Crippen LogP contribution in [-0.2, 0) is 17.8 Å². The Labute approximate surface area is 153 Å². The lowest BCUT2D eigenvalue weighted by Gasteiger charge is -2.28. The Kier molecular flexibility index (Phi) is 6.76. The summed E-state index contributed by atoms with van der Waals surface area (Å²) in [6.45, 7) is 5.89. The van der Waals surface area contributed by atoms with Gasteiger partial charge in [-0.2, -0.15) is 0 Å². The fraction of sp³-hybridized carbons (Fsp3) is 0.400. The van der Waals surface area contributed by atoms with Crippen LogP contribution in [-0.4, -0.2) is 23.5 Å². The van der Waals surface area contributed by atoms with Crippen LogP contribution in [0.3, 0.4) is 0 Å². The minimum absolute atomic E-state index is 0.0951. The van der Waals surface area contributed by atoms with Crippen molar-refractivity contribution in [1.29, 1.82) is 0 Å². The van der Waals surface area contributed by atoms with Crippen LogP contribution in [0, 0.1) is 0 Å². The molecular weight excluding hydrogens is 334 g/mol. The Hall–Kier alpha value is -1.69. The molecule has 0 bridgehead atoms. The quantitative estimate of drug-likeness (QED) is 0.756. The summed E-state index contributed by atoms with van der Waals surface area (Å²) >= 11 is -1.18. The molecule has 25 heavy (non-hydrogen) atoms. The smallest absolute Gasteiger partial charge is 0.136 e. The number of hydrogen-bond acceptors (Lipinski definition) is 4. The predicted molar refractivity (Wildman–Crippen MR) is 103 cm³/mol. The Morgan fingerprint density at radius 1 is 1.00 bits per heavy atom. The van der Waals surface area contributed by atoms with Crippen molar-refractivity contribution in [3.05, 3.63) is 59.7 Å². The normalized spacial score (nSPS) is 14.0. The zero-order chi connectivity index (χ0) is 18.4. The monoisotopic (exact) mass is 361 g/mol. The molecule has 1 N–H and O–H groups in total. The van der Waals surface area contributed by atoms with Gasteiger partial charge in [0.1, 0.15) is 16.2 Å². The molecule has 2 aromatic rings. The summed E-state index contributed by atoms with van der Waals surface area (Å²) in [7, 11) is 3.32. The van der Waals surface area contributed by atoms with E-state index in [4.69, 9.17) is 9.47 Å². The average Bonchev–Trinajstić information content (AvgIpc) is 2.60. The number of benzene rings is 2. The number of hydrogen-bond donors (Lipinski definition) is 1. The van der Waals surface area contributed by atoms with E-state index in [-0.39, 0.29) is 10.8 Å². The third-order valence-corrected chi connectivity index (χ3v) is 5.55. The van der Waals surface area contributed by atoms with Gasteiger partial charge in [-0.3, -0.25) is 0 Å². The summed E-state index contributed by atoms with van der Waals surface area (Å²) in [6, 6.07) is 15.7. The molecular formula is C20H27NO3S. The molecule has 0 fully saturated rings. The Morgan fingerprint density at radius 2 is 1.64 bits per heavy atom. The third-order valence-electron chi connectivity index (χ3n) is 3.94. The van der Waals surface area contributed by atoms with E-state index >= 15 is 0 Å². The van der Waals surface area contributed by atoms with Crippen molar-refractivity contribution in [2.75, 3.05) is 14.2 Å². The third kappa shape index (κ3) is 5.39. The van der Waals surface area contributed by atoms with Crippen LogP contribution in [0.1, 0.15) is 37.9 Å². The number of methoxy groups -OCH3 is 2. The summed E-state index contributed by atoms with van der Waals surface area (Å²) < 4.78 is 26.3. The average molecular weight is 362 g/mol. The molecule has 2 aromatic carbocycles. The number of rotatable bonds is 7. The summed E-state index contributed by atoms with van der Waals surface area (Å²) in [5.41, 5.74) is 2.13. The maximum Gasteiger partial charge on any atom is 0.136 e. The van der Waals surface area contributed by atoms with Crippen LogP contribution in [0.15, 0.2) is 48.5 Å². The zero-order valence-corrected chi connectivity index (χ0v) is 16.4. The molecule has 0 aliphatic heterocycles. The van der Waals surface area contributed by atoms with E-state index < -0.39 is 11.4 Å². The van der Waals surface area contributed by atoms with Crippen LogP contribution in [0.2, 0.25) is 0 Å². The first kappa shape index (κ1) is 19.6. The van der Waals surface area contributed by atoms with Crippen LogP contribution in [0.5, 0.6) is 11.5 Å². The summed E-state index contributed by atoms with van der Waals surface area (Å²) in [6.07, 6.45) is 0.679. The molecule has 0 aliphatic rings. The topological polar surface area (TPSA) is 53.5 Å². The van der Waals surface area contributed by atoms with E-state index in [9.17, 15) is 4.55 Å². The second kappa shape index (κ2) is 8.61. The van der Waals surface area contributed by atoms with Gasteiger partial charge < -0.3 is 14.0 Å². The highest BCUT2D eigenvalue weighted by Gasteiger charge is 2.30. The van der Waals surface area contributed by atoms with E-state index in [0.29, 0.717) is 6.42 Å². The van der Waals surface area contributed by atoms with Crippen LogP contribution in [0.25, 0.3) is 0 Å². The lowest BCUT2D eigenvalue weighted by Crippen LogP contribution is -2.41. The first-order valence-electron chi connectivity index (χ1n) is 8.29. The molecule has 0 saturated heterocycles. The molecule has 2 atom stereocenters. The Morgan fingerprint density at radius 3 is 2.20 bits per heavy atom. The molecule has 0 aromatic heterocycles. The summed E-state index contributed by atoms with van der Waals surface area (Å²) in [5.74, 6) is 1.64. The van der Waals surface area contributed by atoms with Gasteiger partial charge in [-0.25, -0.2) is 0 Å². The molecule has 0 spiro atoms. The van der Waals surface area contributed by atoms with Crippen molar-refractivity contribution in [3.8, 4) is 11.5 Å². The van der Waals surface area contributed by atoms with E-state index in [1.807, 2.05) is 69.3 Å². The zero-order valence-electron chi connectivity index (χ0n) is 15.5. The molecule has 4 nitrogen and oxygen atoms in total. The molecule has 0 radical (unpaired) electrons. The fourth-order valence-electron chi connectivity index (χ4n) is 2.46. The van der Waals surface area contributed by atoms with Crippen molar-refractivity contribution in [2.24, 2.45) is 0 Å². The van der Waals surface area contributed by atoms with Crippen LogP contribution < -0.4 is 14.2 Å².